The molecule has 0 bridgehead atoms. The Morgan fingerprint density at radius 1 is 1.50 bits per heavy atom. The average molecular weight is 278 g/mol. The van der Waals surface area contributed by atoms with Crippen LogP contribution in [-0.2, 0) is 18.3 Å². The second kappa shape index (κ2) is 6.42. The van der Waals surface area contributed by atoms with Crippen molar-refractivity contribution in [1.82, 2.24) is 9.78 Å². The van der Waals surface area contributed by atoms with Crippen LogP contribution < -0.4 is 0 Å². The van der Waals surface area contributed by atoms with Gasteiger partial charge in [-0.25, -0.2) is 0 Å². The van der Waals surface area contributed by atoms with E-state index in [1.54, 1.807) is 10.9 Å². The van der Waals surface area contributed by atoms with Gasteiger partial charge in [0.2, 0.25) is 0 Å². The first kappa shape index (κ1) is 15.1. The second-order valence-electron chi connectivity index (χ2n) is 6.37. The lowest BCUT2D eigenvalue weighted by Gasteiger charge is -2.36. The van der Waals surface area contributed by atoms with Crippen molar-refractivity contribution in [2.24, 2.45) is 18.4 Å². The number of aromatic nitrogens is 2. The molecule has 1 aromatic rings. The van der Waals surface area contributed by atoms with Crippen molar-refractivity contribution >= 4 is 5.97 Å². The molecule has 1 aliphatic carbocycles. The molecule has 1 saturated carbocycles. The summed E-state index contributed by atoms with van der Waals surface area (Å²) >= 11 is 0. The molecule has 1 heterocycles. The van der Waals surface area contributed by atoms with Crippen molar-refractivity contribution in [1.29, 1.82) is 0 Å². The maximum Gasteiger partial charge on any atom is 0.309 e. The topological polar surface area (TPSA) is 55.1 Å². The molecule has 4 nitrogen and oxygen atoms in total. The summed E-state index contributed by atoms with van der Waals surface area (Å²) in [4.78, 5) is 11.8. The van der Waals surface area contributed by atoms with Crippen molar-refractivity contribution in [2.45, 2.75) is 58.3 Å². The molecule has 0 unspecified atom stereocenters. The Morgan fingerprint density at radius 2 is 2.20 bits per heavy atom. The Hall–Kier alpha value is -1.32. The normalized spacial score (nSPS) is 26.6. The van der Waals surface area contributed by atoms with Gasteiger partial charge in [0.15, 0.2) is 0 Å². The van der Waals surface area contributed by atoms with Crippen LogP contribution in [0.4, 0.5) is 0 Å². The summed E-state index contributed by atoms with van der Waals surface area (Å²) in [7, 11) is 1.87. The predicted octanol–water partition coefficient (Wildman–Crippen LogP) is 3.41. The fraction of sp³-hybridized carbons (Fsp3) is 0.750. The van der Waals surface area contributed by atoms with Crippen LogP contribution in [0.25, 0.3) is 0 Å². The third-order valence-electron chi connectivity index (χ3n) is 4.78. The van der Waals surface area contributed by atoms with Crippen molar-refractivity contribution in [3.63, 3.8) is 0 Å². The Bertz CT molecular complexity index is 445. The van der Waals surface area contributed by atoms with Crippen LogP contribution in [0.3, 0.4) is 0 Å². The molecule has 0 spiro atoms. The molecule has 0 aliphatic heterocycles. The van der Waals surface area contributed by atoms with E-state index in [2.05, 4.69) is 12.0 Å². The lowest BCUT2D eigenvalue weighted by Crippen LogP contribution is -2.37. The van der Waals surface area contributed by atoms with E-state index in [1.165, 1.54) is 19.3 Å². The molecule has 0 radical (unpaired) electrons. The zero-order valence-corrected chi connectivity index (χ0v) is 12.6. The van der Waals surface area contributed by atoms with E-state index in [4.69, 9.17) is 0 Å². The molecule has 2 rings (SSSR count). The molecule has 1 fully saturated rings. The van der Waals surface area contributed by atoms with E-state index in [1.807, 2.05) is 13.2 Å². The van der Waals surface area contributed by atoms with Crippen LogP contribution >= 0.6 is 0 Å². The third-order valence-corrected chi connectivity index (χ3v) is 4.78. The van der Waals surface area contributed by atoms with Crippen LogP contribution in [-0.4, -0.2) is 20.9 Å². The van der Waals surface area contributed by atoms with Gasteiger partial charge in [0.1, 0.15) is 0 Å². The minimum absolute atomic E-state index is 0.564. The number of carboxylic acids is 1. The molecule has 1 aliphatic rings. The monoisotopic (exact) mass is 278 g/mol. The summed E-state index contributed by atoms with van der Waals surface area (Å²) < 4.78 is 1.75. The molecule has 0 aromatic carbocycles. The minimum atomic E-state index is -0.629. The number of aryl methyl sites for hydroxylation is 1. The highest BCUT2D eigenvalue weighted by Gasteiger charge is 2.41. The maximum absolute atomic E-state index is 11.8. The summed E-state index contributed by atoms with van der Waals surface area (Å²) in [5.41, 5.74) is 0.480. The van der Waals surface area contributed by atoms with Gasteiger partial charge in [0, 0.05) is 13.2 Å². The molecule has 0 saturated heterocycles. The standard InChI is InChI=1S/C16H26N2O2/c1-3-4-5-13-6-8-16(9-7-13,15(19)20)10-14-11-17-18(2)12-14/h11-13H,3-10H2,1-2H3,(H,19,20). The van der Waals surface area contributed by atoms with Crippen LogP contribution in [0.15, 0.2) is 12.4 Å². The van der Waals surface area contributed by atoms with E-state index in [0.717, 1.165) is 37.2 Å². The quantitative estimate of drug-likeness (QED) is 0.867. The zero-order valence-electron chi connectivity index (χ0n) is 12.6. The number of carboxylic acid groups (broad SMARTS) is 1. The van der Waals surface area contributed by atoms with Gasteiger partial charge in [-0.3, -0.25) is 9.48 Å². The summed E-state index contributed by atoms with van der Waals surface area (Å²) in [6.07, 6.45) is 11.9. The maximum atomic E-state index is 11.8. The summed E-state index contributed by atoms with van der Waals surface area (Å²) in [5.74, 6) is 0.103. The van der Waals surface area contributed by atoms with Crippen molar-refractivity contribution in [3.8, 4) is 0 Å². The first-order valence-corrected chi connectivity index (χ1v) is 7.76. The Kier molecular flexibility index (Phi) is 4.84. The van der Waals surface area contributed by atoms with E-state index >= 15 is 0 Å². The molecule has 1 aromatic heterocycles. The Balaban J connectivity index is 2.00. The first-order chi connectivity index (χ1) is 9.55. The van der Waals surface area contributed by atoms with E-state index in [9.17, 15) is 9.90 Å². The van der Waals surface area contributed by atoms with E-state index in [0.29, 0.717) is 6.42 Å². The third kappa shape index (κ3) is 3.41. The Morgan fingerprint density at radius 3 is 2.70 bits per heavy atom. The summed E-state index contributed by atoms with van der Waals surface area (Å²) in [6.45, 7) is 2.22. The van der Waals surface area contributed by atoms with Gasteiger partial charge >= 0.3 is 5.97 Å². The number of unbranched alkanes of at least 4 members (excludes halogenated alkanes) is 1. The number of hydrogen-bond acceptors (Lipinski definition) is 2. The van der Waals surface area contributed by atoms with Gasteiger partial charge in [-0.15, -0.1) is 0 Å². The van der Waals surface area contributed by atoms with Crippen LogP contribution in [0.1, 0.15) is 57.4 Å². The van der Waals surface area contributed by atoms with E-state index in [-0.39, 0.29) is 0 Å². The molecule has 1 N–H and O–H groups in total. The lowest BCUT2D eigenvalue weighted by atomic mass is 9.67. The SMILES string of the molecule is CCCCC1CCC(Cc2cnn(C)c2)(C(=O)O)CC1. The molecular formula is C16H26N2O2. The first-order valence-electron chi connectivity index (χ1n) is 7.76. The van der Waals surface area contributed by atoms with Crippen LogP contribution in [0.2, 0.25) is 0 Å². The summed E-state index contributed by atoms with van der Waals surface area (Å²) in [5, 5.41) is 13.8. The second-order valence-corrected chi connectivity index (χ2v) is 6.37. The van der Waals surface area contributed by atoms with Gasteiger partial charge in [-0.05, 0) is 43.6 Å². The van der Waals surface area contributed by atoms with Gasteiger partial charge in [0.25, 0.3) is 0 Å². The molecule has 0 amide bonds. The fourth-order valence-corrected chi connectivity index (χ4v) is 3.43. The number of aliphatic carboxylic acids is 1. The smallest absolute Gasteiger partial charge is 0.309 e. The molecule has 20 heavy (non-hydrogen) atoms. The molecular weight excluding hydrogens is 252 g/mol. The Labute approximate surface area is 121 Å². The molecule has 0 atom stereocenters. The van der Waals surface area contributed by atoms with Crippen molar-refractivity contribution in [2.75, 3.05) is 0 Å². The van der Waals surface area contributed by atoms with Crippen molar-refractivity contribution < 1.29 is 9.90 Å². The van der Waals surface area contributed by atoms with E-state index < -0.39 is 11.4 Å². The largest absolute Gasteiger partial charge is 0.481 e. The summed E-state index contributed by atoms with van der Waals surface area (Å²) in [6, 6.07) is 0. The highest BCUT2D eigenvalue weighted by Crippen LogP contribution is 2.43. The van der Waals surface area contributed by atoms with Crippen molar-refractivity contribution in [3.05, 3.63) is 18.0 Å². The number of hydrogen-bond donors (Lipinski definition) is 1. The van der Waals surface area contributed by atoms with Gasteiger partial charge in [0.05, 0.1) is 11.6 Å². The highest BCUT2D eigenvalue weighted by atomic mass is 16.4. The van der Waals surface area contributed by atoms with Crippen LogP contribution in [0, 0.1) is 11.3 Å². The number of carbonyl (C=O) groups is 1. The minimum Gasteiger partial charge on any atom is -0.481 e. The number of rotatable bonds is 6. The van der Waals surface area contributed by atoms with Gasteiger partial charge in [-0.1, -0.05) is 26.2 Å². The molecule has 4 heteroatoms. The van der Waals surface area contributed by atoms with Gasteiger partial charge < -0.3 is 5.11 Å². The highest BCUT2D eigenvalue weighted by molar-refractivity contribution is 5.75. The zero-order chi connectivity index (χ0) is 14.6. The fourth-order valence-electron chi connectivity index (χ4n) is 3.43. The number of nitrogens with zero attached hydrogens (tertiary/aromatic N) is 2. The molecule has 112 valence electrons. The average Bonchev–Trinajstić information content (AvgIpc) is 2.83. The predicted molar refractivity (Wildman–Crippen MR) is 78.5 cm³/mol. The lowest BCUT2D eigenvalue weighted by molar-refractivity contribution is -0.151. The van der Waals surface area contributed by atoms with Crippen LogP contribution in [0.5, 0.6) is 0 Å². The van der Waals surface area contributed by atoms with Gasteiger partial charge in [-0.2, -0.15) is 5.10 Å².